The van der Waals surface area contributed by atoms with E-state index in [-0.39, 0.29) is 6.03 Å². The number of hydrogen-bond acceptors (Lipinski definition) is 3. The number of anilines is 1. The van der Waals surface area contributed by atoms with E-state index >= 15 is 0 Å². The van der Waals surface area contributed by atoms with E-state index in [4.69, 9.17) is 0 Å². The molecule has 0 spiro atoms. The number of para-hydroxylation sites is 1. The molecule has 0 unspecified atom stereocenters. The Hall–Kier alpha value is -2.34. The Kier molecular flexibility index (Phi) is 6.50. The third-order valence-electron chi connectivity index (χ3n) is 5.24. The van der Waals surface area contributed by atoms with Crippen LogP contribution in [0.5, 0.6) is 0 Å². The summed E-state index contributed by atoms with van der Waals surface area (Å²) in [6, 6.07) is 9.89. The third-order valence-corrected chi connectivity index (χ3v) is 5.24. The van der Waals surface area contributed by atoms with E-state index in [1.165, 1.54) is 0 Å². The predicted octanol–water partition coefficient (Wildman–Crippen LogP) is 3.27. The van der Waals surface area contributed by atoms with Crippen LogP contribution in [0.4, 0.5) is 10.5 Å². The van der Waals surface area contributed by atoms with Crippen LogP contribution >= 0.6 is 0 Å². The molecule has 2 amide bonds. The van der Waals surface area contributed by atoms with Crippen molar-refractivity contribution >= 4 is 11.7 Å². The molecule has 1 fully saturated rings. The van der Waals surface area contributed by atoms with Crippen LogP contribution < -0.4 is 4.90 Å². The van der Waals surface area contributed by atoms with Gasteiger partial charge in [0.25, 0.3) is 0 Å². The van der Waals surface area contributed by atoms with Gasteiger partial charge in [-0.2, -0.15) is 0 Å². The SMILES string of the molecule is CN(C)CCCn1ccnc1[C@H]1CCCN(C(=O)N(C)c2ccccc2)C1. The molecule has 0 N–H and O–H groups in total. The molecule has 1 aliphatic heterocycles. The number of piperidine rings is 1. The zero-order chi connectivity index (χ0) is 19.2. The van der Waals surface area contributed by atoms with Gasteiger partial charge < -0.3 is 14.4 Å². The minimum absolute atomic E-state index is 0.0663. The number of rotatable bonds is 6. The molecule has 6 heteroatoms. The molecule has 1 saturated heterocycles. The van der Waals surface area contributed by atoms with Crippen LogP contribution in [0.25, 0.3) is 0 Å². The molecule has 0 bridgehead atoms. The van der Waals surface area contributed by atoms with Gasteiger partial charge in [0, 0.05) is 50.7 Å². The number of benzene rings is 1. The average Bonchev–Trinajstić information content (AvgIpc) is 3.16. The lowest BCUT2D eigenvalue weighted by molar-refractivity contribution is 0.185. The number of aromatic nitrogens is 2. The molecule has 2 heterocycles. The molecule has 1 aromatic carbocycles. The monoisotopic (exact) mass is 369 g/mol. The quantitative estimate of drug-likeness (QED) is 0.785. The maximum atomic E-state index is 13.0. The zero-order valence-corrected chi connectivity index (χ0v) is 16.7. The van der Waals surface area contributed by atoms with Gasteiger partial charge in [-0.15, -0.1) is 0 Å². The first kappa shape index (κ1) is 19.4. The summed E-state index contributed by atoms with van der Waals surface area (Å²) in [4.78, 5) is 23.5. The molecule has 1 atom stereocenters. The first-order chi connectivity index (χ1) is 13.1. The predicted molar refractivity (Wildman–Crippen MR) is 109 cm³/mol. The molecule has 1 aromatic heterocycles. The van der Waals surface area contributed by atoms with Gasteiger partial charge in [-0.3, -0.25) is 4.90 Å². The topological polar surface area (TPSA) is 44.6 Å². The molecule has 3 rings (SSSR count). The highest BCUT2D eigenvalue weighted by Gasteiger charge is 2.29. The summed E-state index contributed by atoms with van der Waals surface area (Å²) in [5.74, 6) is 1.43. The fraction of sp³-hybridized carbons (Fsp3) is 0.524. The van der Waals surface area contributed by atoms with Gasteiger partial charge in [-0.1, -0.05) is 18.2 Å². The van der Waals surface area contributed by atoms with Crippen molar-refractivity contribution in [1.29, 1.82) is 0 Å². The van der Waals surface area contributed by atoms with E-state index in [1.54, 1.807) is 4.90 Å². The van der Waals surface area contributed by atoms with E-state index in [9.17, 15) is 4.79 Å². The normalized spacial score (nSPS) is 17.3. The van der Waals surface area contributed by atoms with Crippen LogP contribution in [0, 0.1) is 0 Å². The number of urea groups is 1. The summed E-state index contributed by atoms with van der Waals surface area (Å²) in [6.45, 7) is 3.59. The lowest BCUT2D eigenvalue weighted by Gasteiger charge is -2.35. The lowest BCUT2D eigenvalue weighted by Crippen LogP contribution is -2.46. The van der Waals surface area contributed by atoms with Crippen molar-refractivity contribution in [1.82, 2.24) is 19.4 Å². The van der Waals surface area contributed by atoms with Crippen molar-refractivity contribution in [3.05, 3.63) is 48.5 Å². The van der Waals surface area contributed by atoms with Crippen LogP contribution in [-0.2, 0) is 6.54 Å². The lowest BCUT2D eigenvalue weighted by atomic mass is 9.97. The van der Waals surface area contributed by atoms with Crippen LogP contribution in [0.15, 0.2) is 42.7 Å². The summed E-state index contributed by atoms with van der Waals surface area (Å²) in [6.07, 6.45) is 7.17. The summed E-state index contributed by atoms with van der Waals surface area (Å²) >= 11 is 0. The number of likely N-dealkylation sites (tertiary alicyclic amines) is 1. The molecule has 6 nitrogen and oxygen atoms in total. The first-order valence-electron chi connectivity index (χ1n) is 9.79. The molecule has 0 aliphatic carbocycles. The van der Waals surface area contributed by atoms with Gasteiger partial charge in [-0.25, -0.2) is 9.78 Å². The molecule has 2 aromatic rings. The minimum atomic E-state index is 0.0663. The molecule has 1 aliphatic rings. The molecule has 0 saturated carbocycles. The Morgan fingerprint density at radius 2 is 2.00 bits per heavy atom. The second kappa shape index (κ2) is 9.04. The molecule has 27 heavy (non-hydrogen) atoms. The number of carbonyl (C=O) groups excluding carboxylic acids is 1. The molecular formula is C21H31N5O. The van der Waals surface area contributed by atoms with E-state index in [1.807, 2.05) is 48.5 Å². The van der Waals surface area contributed by atoms with Crippen LogP contribution in [0.2, 0.25) is 0 Å². The second-order valence-electron chi connectivity index (χ2n) is 7.60. The average molecular weight is 370 g/mol. The molecule has 0 radical (unpaired) electrons. The second-order valence-corrected chi connectivity index (χ2v) is 7.60. The third kappa shape index (κ3) is 4.89. The van der Waals surface area contributed by atoms with E-state index < -0.39 is 0 Å². The standard InChI is InChI=1S/C21H31N5O/c1-23(2)13-8-15-25-16-12-22-20(25)18-9-7-14-26(17-18)21(27)24(3)19-10-5-4-6-11-19/h4-6,10-12,16,18H,7-9,13-15,17H2,1-3H3/t18-/m0/s1. The minimum Gasteiger partial charge on any atom is -0.335 e. The Labute approximate surface area is 162 Å². The largest absolute Gasteiger partial charge is 0.335 e. The van der Waals surface area contributed by atoms with Crippen molar-refractivity contribution < 1.29 is 4.79 Å². The fourth-order valence-electron chi connectivity index (χ4n) is 3.76. The van der Waals surface area contributed by atoms with Crippen molar-refractivity contribution in [2.45, 2.75) is 31.7 Å². The van der Waals surface area contributed by atoms with Crippen molar-refractivity contribution in [2.75, 3.05) is 45.7 Å². The first-order valence-corrected chi connectivity index (χ1v) is 9.79. The number of carbonyl (C=O) groups is 1. The summed E-state index contributed by atoms with van der Waals surface area (Å²) in [5, 5.41) is 0. The Bertz CT molecular complexity index is 727. The number of imidazole rings is 1. The van der Waals surface area contributed by atoms with Crippen molar-refractivity contribution in [3.8, 4) is 0 Å². The Balaban J connectivity index is 1.64. The Morgan fingerprint density at radius 3 is 2.74 bits per heavy atom. The highest BCUT2D eigenvalue weighted by molar-refractivity contribution is 5.91. The maximum Gasteiger partial charge on any atom is 0.324 e. The maximum absolute atomic E-state index is 13.0. The van der Waals surface area contributed by atoms with Gasteiger partial charge in [0.2, 0.25) is 0 Å². The van der Waals surface area contributed by atoms with E-state index in [0.717, 1.165) is 57.0 Å². The van der Waals surface area contributed by atoms with Gasteiger partial charge in [-0.05, 0) is 52.0 Å². The smallest absolute Gasteiger partial charge is 0.324 e. The number of amides is 2. The highest BCUT2D eigenvalue weighted by Crippen LogP contribution is 2.27. The van der Waals surface area contributed by atoms with Crippen LogP contribution in [-0.4, -0.2) is 66.2 Å². The number of nitrogens with zero attached hydrogens (tertiary/aromatic N) is 5. The summed E-state index contributed by atoms with van der Waals surface area (Å²) < 4.78 is 2.27. The summed E-state index contributed by atoms with van der Waals surface area (Å²) in [5.41, 5.74) is 0.926. The van der Waals surface area contributed by atoms with E-state index in [2.05, 4.69) is 34.7 Å². The zero-order valence-electron chi connectivity index (χ0n) is 16.7. The van der Waals surface area contributed by atoms with E-state index in [0.29, 0.717) is 5.92 Å². The fourth-order valence-corrected chi connectivity index (χ4v) is 3.76. The van der Waals surface area contributed by atoms with Gasteiger partial charge in [0.05, 0.1) is 0 Å². The van der Waals surface area contributed by atoms with Crippen molar-refractivity contribution in [3.63, 3.8) is 0 Å². The molecular weight excluding hydrogens is 338 g/mol. The highest BCUT2D eigenvalue weighted by atomic mass is 16.2. The van der Waals surface area contributed by atoms with Gasteiger partial charge in [0.15, 0.2) is 0 Å². The van der Waals surface area contributed by atoms with Crippen LogP contribution in [0.1, 0.15) is 31.0 Å². The Morgan fingerprint density at radius 1 is 1.22 bits per heavy atom. The van der Waals surface area contributed by atoms with Gasteiger partial charge in [0.1, 0.15) is 5.82 Å². The molecule has 146 valence electrons. The summed E-state index contributed by atoms with van der Waals surface area (Å²) in [7, 11) is 6.05. The van der Waals surface area contributed by atoms with Crippen molar-refractivity contribution in [2.24, 2.45) is 0 Å². The number of hydrogen-bond donors (Lipinski definition) is 0. The number of aryl methyl sites for hydroxylation is 1. The van der Waals surface area contributed by atoms with Gasteiger partial charge >= 0.3 is 6.03 Å². The van der Waals surface area contributed by atoms with Crippen LogP contribution in [0.3, 0.4) is 0 Å².